The van der Waals surface area contributed by atoms with Gasteiger partial charge in [-0.25, -0.2) is 8.42 Å². The van der Waals surface area contributed by atoms with Gasteiger partial charge in [0.1, 0.15) is 11.8 Å². The van der Waals surface area contributed by atoms with Crippen molar-refractivity contribution in [3.8, 4) is 11.8 Å². The average molecular weight is 274 g/mol. The van der Waals surface area contributed by atoms with Gasteiger partial charge in [-0.15, -0.1) is 0 Å². The highest BCUT2D eigenvalue weighted by Crippen LogP contribution is 2.29. The molecule has 6 heteroatoms. The van der Waals surface area contributed by atoms with Crippen molar-refractivity contribution < 1.29 is 13.2 Å². The fraction of sp³-hybridized carbons (Fsp3) is 0.364. The topological polar surface area (TPSA) is 67.2 Å². The largest absolute Gasteiger partial charge is 0.476 e. The van der Waals surface area contributed by atoms with Crippen molar-refractivity contribution in [2.24, 2.45) is 0 Å². The summed E-state index contributed by atoms with van der Waals surface area (Å²) < 4.78 is 27.9. The Hall–Kier alpha value is -1.25. The maximum absolute atomic E-state index is 11.3. The lowest BCUT2D eigenvalue weighted by Crippen LogP contribution is -2.10. The molecule has 0 amide bonds. The molecule has 1 rings (SSSR count). The van der Waals surface area contributed by atoms with E-state index in [0.717, 1.165) is 0 Å². The van der Waals surface area contributed by atoms with Crippen molar-refractivity contribution in [2.75, 3.05) is 0 Å². The Bertz CT molecular complexity index is 575. The third-order valence-electron chi connectivity index (χ3n) is 2.44. The van der Waals surface area contributed by atoms with E-state index in [2.05, 4.69) is 0 Å². The molecule has 1 atom stereocenters. The number of hydrogen-bond donors (Lipinski definition) is 0. The molecular weight excluding hydrogens is 262 g/mol. The van der Waals surface area contributed by atoms with Crippen molar-refractivity contribution in [3.05, 3.63) is 23.3 Å². The van der Waals surface area contributed by atoms with Crippen LogP contribution in [0.3, 0.4) is 0 Å². The first-order chi connectivity index (χ1) is 7.77. The number of hydrogen-bond acceptors (Lipinski definition) is 4. The normalized spacial score (nSPS) is 12.9. The Kier molecular flexibility index (Phi) is 4.02. The lowest BCUT2D eigenvalue weighted by molar-refractivity contribution is 0.274. The van der Waals surface area contributed by atoms with Crippen molar-refractivity contribution >= 4 is 19.7 Å². The molecule has 1 aromatic carbocycles. The van der Waals surface area contributed by atoms with E-state index in [-0.39, 0.29) is 4.90 Å². The van der Waals surface area contributed by atoms with Gasteiger partial charge in [-0.05, 0) is 44.0 Å². The minimum Gasteiger partial charge on any atom is -0.476 e. The Morgan fingerprint density at radius 3 is 2.41 bits per heavy atom. The number of nitriles is 1. The molecule has 0 spiro atoms. The van der Waals surface area contributed by atoms with Crippen molar-refractivity contribution in [1.82, 2.24) is 0 Å². The molecule has 0 aliphatic carbocycles. The minimum atomic E-state index is -3.76. The van der Waals surface area contributed by atoms with Crippen LogP contribution in [0.25, 0.3) is 0 Å². The van der Waals surface area contributed by atoms with Crippen LogP contribution in [0.1, 0.15) is 18.1 Å². The van der Waals surface area contributed by atoms with Gasteiger partial charge in [0.25, 0.3) is 9.05 Å². The zero-order valence-corrected chi connectivity index (χ0v) is 11.3. The zero-order valence-electron chi connectivity index (χ0n) is 9.69. The summed E-state index contributed by atoms with van der Waals surface area (Å²) in [4.78, 5) is 0.0635. The number of halogens is 1. The van der Waals surface area contributed by atoms with Crippen molar-refractivity contribution in [3.63, 3.8) is 0 Å². The molecule has 17 heavy (non-hydrogen) atoms. The van der Waals surface area contributed by atoms with Crippen LogP contribution in [-0.2, 0) is 9.05 Å². The van der Waals surface area contributed by atoms with Crippen LogP contribution in [0, 0.1) is 25.2 Å². The second kappa shape index (κ2) is 4.94. The Morgan fingerprint density at radius 1 is 1.35 bits per heavy atom. The number of ether oxygens (including phenoxy) is 1. The molecular formula is C11H12ClNO3S. The Balaban J connectivity index is 3.26. The van der Waals surface area contributed by atoms with Gasteiger partial charge in [-0.3, -0.25) is 0 Å². The molecule has 0 aromatic heterocycles. The second-order valence-corrected chi connectivity index (χ2v) is 6.17. The summed E-state index contributed by atoms with van der Waals surface area (Å²) in [6, 6.07) is 4.82. The molecule has 0 fully saturated rings. The van der Waals surface area contributed by atoms with E-state index in [1.165, 1.54) is 12.1 Å². The molecule has 0 aliphatic rings. The summed E-state index contributed by atoms with van der Waals surface area (Å²) in [5.41, 5.74) is 1.19. The summed E-state index contributed by atoms with van der Waals surface area (Å²) in [5.74, 6) is 0.487. The molecule has 1 aromatic rings. The quantitative estimate of drug-likeness (QED) is 0.794. The van der Waals surface area contributed by atoms with Crippen LogP contribution in [0.15, 0.2) is 17.0 Å². The van der Waals surface area contributed by atoms with Crippen LogP contribution < -0.4 is 4.74 Å². The second-order valence-electron chi connectivity index (χ2n) is 3.64. The van der Waals surface area contributed by atoms with Gasteiger partial charge < -0.3 is 4.74 Å². The van der Waals surface area contributed by atoms with E-state index < -0.39 is 15.2 Å². The van der Waals surface area contributed by atoms with Crippen molar-refractivity contribution in [2.45, 2.75) is 31.8 Å². The predicted octanol–water partition coefficient (Wildman–Crippen LogP) is 2.52. The van der Waals surface area contributed by atoms with Crippen LogP contribution >= 0.6 is 10.7 Å². The van der Waals surface area contributed by atoms with Gasteiger partial charge in [0.2, 0.25) is 0 Å². The molecule has 92 valence electrons. The monoisotopic (exact) mass is 273 g/mol. The first-order valence-electron chi connectivity index (χ1n) is 4.88. The molecule has 0 heterocycles. The molecule has 1 unspecified atom stereocenters. The van der Waals surface area contributed by atoms with Crippen LogP contribution in [0.4, 0.5) is 0 Å². The first kappa shape index (κ1) is 13.8. The highest BCUT2D eigenvalue weighted by molar-refractivity contribution is 8.13. The van der Waals surface area contributed by atoms with E-state index >= 15 is 0 Å². The predicted molar refractivity (Wildman–Crippen MR) is 64.7 cm³/mol. The maximum Gasteiger partial charge on any atom is 0.261 e. The Labute approximate surface area is 105 Å². The number of nitrogens with zero attached hydrogens (tertiary/aromatic N) is 1. The van der Waals surface area contributed by atoms with Crippen molar-refractivity contribution in [1.29, 1.82) is 5.26 Å². The molecule has 0 saturated heterocycles. The third kappa shape index (κ3) is 3.11. The summed E-state index contributed by atoms with van der Waals surface area (Å²) in [5, 5.41) is 8.65. The van der Waals surface area contributed by atoms with Gasteiger partial charge in [-0.2, -0.15) is 5.26 Å². The molecule has 4 nitrogen and oxygen atoms in total. The average Bonchev–Trinajstić information content (AvgIpc) is 2.22. The summed E-state index contributed by atoms with van der Waals surface area (Å²) >= 11 is 0. The van der Waals surface area contributed by atoms with Crippen LogP contribution in [0.5, 0.6) is 5.75 Å². The number of benzene rings is 1. The van der Waals surface area contributed by atoms with E-state index in [1.54, 1.807) is 20.8 Å². The fourth-order valence-electron chi connectivity index (χ4n) is 1.38. The fourth-order valence-corrected chi connectivity index (χ4v) is 2.63. The highest BCUT2D eigenvalue weighted by Gasteiger charge is 2.17. The van der Waals surface area contributed by atoms with Gasteiger partial charge in [0.15, 0.2) is 6.10 Å². The first-order valence-corrected chi connectivity index (χ1v) is 7.19. The molecule has 0 radical (unpaired) electrons. The summed E-state index contributed by atoms with van der Waals surface area (Å²) in [6.07, 6.45) is -0.591. The van der Waals surface area contributed by atoms with E-state index in [9.17, 15) is 8.42 Å². The lowest BCUT2D eigenvalue weighted by Gasteiger charge is -2.14. The van der Waals surface area contributed by atoms with Gasteiger partial charge in [0.05, 0.1) is 4.90 Å². The number of rotatable bonds is 3. The molecule has 0 saturated carbocycles. The van der Waals surface area contributed by atoms with Gasteiger partial charge >= 0.3 is 0 Å². The molecule has 0 aliphatic heterocycles. The molecule has 0 bridgehead atoms. The maximum atomic E-state index is 11.3. The zero-order chi connectivity index (χ0) is 13.2. The lowest BCUT2D eigenvalue weighted by atomic mass is 10.1. The summed E-state index contributed by atoms with van der Waals surface area (Å²) in [7, 11) is 1.55. The van der Waals surface area contributed by atoms with Crippen LogP contribution in [0.2, 0.25) is 0 Å². The summed E-state index contributed by atoms with van der Waals surface area (Å²) in [6.45, 7) is 4.98. The standard InChI is InChI=1S/C11H12ClNO3S/c1-7(6-13)16-10-4-5-11(17(12,14)15)9(3)8(10)2/h4-5,7H,1-3H3. The third-order valence-corrected chi connectivity index (χ3v) is 3.90. The van der Waals surface area contributed by atoms with Gasteiger partial charge in [-0.1, -0.05) is 0 Å². The SMILES string of the molecule is Cc1c(OC(C)C#N)ccc(S(=O)(=O)Cl)c1C. The van der Waals surface area contributed by atoms with E-state index in [0.29, 0.717) is 16.9 Å². The van der Waals surface area contributed by atoms with E-state index in [1.807, 2.05) is 6.07 Å². The van der Waals surface area contributed by atoms with Crippen LogP contribution in [-0.4, -0.2) is 14.5 Å². The smallest absolute Gasteiger partial charge is 0.261 e. The highest BCUT2D eigenvalue weighted by atomic mass is 35.7. The van der Waals surface area contributed by atoms with E-state index in [4.69, 9.17) is 20.7 Å². The van der Waals surface area contributed by atoms with Gasteiger partial charge in [0, 0.05) is 10.7 Å². The molecule has 0 N–H and O–H groups in total. The Morgan fingerprint density at radius 2 is 1.94 bits per heavy atom. The minimum absolute atomic E-state index is 0.0635.